The van der Waals surface area contributed by atoms with E-state index in [0.29, 0.717) is 23.5 Å². The van der Waals surface area contributed by atoms with Crippen LogP contribution in [0.1, 0.15) is 22.8 Å². The lowest BCUT2D eigenvalue weighted by atomic mass is 10.1. The van der Waals surface area contributed by atoms with Gasteiger partial charge >= 0.3 is 5.97 Å². The number of para-hydroxylation sites is 1. The van der Waals surface area contributed by atoms with E-state index in [9.17, 15) is 9.59 Å². The standard InChI is InChI=1S/C18H17NO4/c1-12-17(20)19(11-14-6-3-4-9-16(14)23-12)15-8-5-7-13(10-15)18(21)22-2/h3-10,12H,11H2,1-2H3. The number of benzene rings is 2. The van der Waals surface area contributed by atoms with E-state index in [2.05, 4.69) is 0 Å². The summed E-state index contributed by atoms with van der Waals surface area (Å²) >= 11 is 0. The number of hydrogen-bond acceptors (Lipinski definition) is 4. The summed E-state index contributed by atoms with van der Waals surface area (Å²) in [5.41, 5.74) is 1.97. The van der Waals surface area contributed by atoms with Crippen molar-refractivity contribution >= 4 is 17.6 Å². The van der Waals surface area contributed by atoms with E-state index in [1.165, 1.54) is 7.11 Å². The molecule has 0 N–H and O–H groups in total. The number of methoxy groups -OCH3 is 1. The molecule has 5 heteroatoms. The first-order chi connectivity index (χ1) is 11.1. The molecular formula is C18H17NO4. The van der Waals surface area contributed by atoms with Crippen LogP contribution in [0.2, 0.25) is 0 Å². The van der Waals surface area contributed by atoms with Crippen LogP contribution < -0.4 is 9.64 Å². The van der Waals surface area contributed by atoms with Gasteiger partial charge in [-0.2, -0.15) is 0 Å². The van der Waals surface area contributed by atoms with Crippen molar-refractivity contribution in [3.8, 4) is 5.75 Å². The number of esters is 1. The fraction of sp³-hybridized carbons (Fsp3) is 0.222. The number of fused-ring (bicyclic) bond motifs is 1. The Balaban J connectivity index is 2.01. The van der Waals surface area contributed by atoms with Crippen molar-refractivity contribution in [2.24, 2.45) is 0 Å². The van der Waals surface area contributed by atoms with Gasteiger partial charge in [0.2, 0.25) is 0 Å². The maximum absolute atomic E-state index is 12.6. The molecule has 1 unspecified atom stereocenters. The Hall–Kier alpha value is -2.82. The van der Waals surface area contributed by atoms with Crippen LogP contribution in [0.15, 0.2) is 48.5 Å². The van der Waals surface area contributed by atoms with Gasteiger partial charge in [0.05, 0.1) is 19.2 Å². The van der Waals surface area contributed by atoms with Crippen LogP contribution in [-0.2, 0) is 16.1 Å². The largest absolute Gasteiger partial charge is 0.481 e. The van der Waals surface area contributed by atoms with Crippen molar-refractivity contribution in [2.75, 3.05) is 12.0 Å². The van der Waals surface area contributed by atoms with Gasteiger partial charge in [-0.05, 0) is 31.2 Å². The topological polar surface area (TPSA) is 55.8 Å². The Morgan fingerprint density at radius 2 is 2.00 bits per heavy atom. The third kappa shape index (κ3) is 2.90. The lowest BCUT2D eigenvalue weighted by molar-refractivity contribution is -0.124. The molecule has 0 aliphatic carbocycles. The van der Waals surface area contributed by atoms with Gasteiger partial charge in [-0.3, -0.25) is 4.79 Å². The summed E-state index contributed by atoms with van der Waals surface area (Å²) in [4.78, 5) is 26.0. The van der Waals surface area contributed by atoms with Crippen molar-refractivity contribution in [3.05, 3.63) is 59.7 Å². The van der Waals surface area contributed by atoms with E-state index in [-0.39, 0.29) is 5.91 Å². The molecule has 0 saturated heterocycles. The first kappa shape index (κ1) is 15.1. The minimum atomic E-state index is -0.597. The molecule has 0 bridgehead atoms. The van der Waals surface area contributed by atoms with E-state index in [0.717, 1.165) is 5.56 Å². The van der Waals surface area contributed by atoms with Crippen molar-refractivity contribution < 1.29 is 19.1 Å². The first-order valence-corrected chi connectivity index (χ1v) is 7.34. The zero-order valence-electron chi connectivity index (χ0n) is 13.0. The molecule has 3 rings (SSSR count). The van der Waals surface area contributed by atoms with Crippen molar-refractivity contribution in [1.29, 1.82) is 0 Å². The summed E-state index contributed by atoms with van der Waals surface area (Å²) in [7, 11) is 1.33. The molecule has 1 aliphatic rings. The highest BCUT2D eigenvalue weighted by molar-refractivity contribution is 5.98. The number of ether oxygens (including phenoxy) is 2. The molecule has 23 heavy (non-hydrogen) atoms. The molecule has 1 amide bonds. The number of carbonyl (C=O) groups excluding carboxylic acids is 2. The van der Waals surface area contributed by atoms with Gasteiger partial charge in [0.1, 0.15) is 5.75 Å². The van der Waals surface area contributed by atoms with E-state index in [1.54, 1.807) is 36.1 Å². The Morgan fingerprint density at radius 1 is 1.22 bits per heavy atom. The molecule has 2 aromatic carbocycles. The summed E-state index contributed by atoms with van der Waals surface area (Å²) in [6.45, 7) is 2.12. The molecule has 0 radical (unpaired) electrons. The molecule has 0 spiro atoms. The number of carbonyl (C=O) groups is 2. The summed E-state index contributed by atoms with van der Waals surface area (Å²) in [6.07, 6.45) is -0.597. The van der Waals surface area contributed by atoms with E-state index in [1.807, 2.05) is 24.3 Å². The second-order valence-electron chi connectivity index (χ2n) is 5.33. The van der Waals surface area contributed by atoms with Crippen LogP contribution in [-0.4, -0.2) is 25.1 Å². The third-order valence-electron chi connectivity index (χ3n) is 3.80. The zero-order valence-corrected chi connectivity index (χ0v) is 13.0. The van der Waals surface area contributed by atoms with Crippen LogP contribution in [0.4, 0.5) is 5.69 Å². The van der Waals surface area contributed by atoms with Gasteiger partial charge in [0, 0.05) is 11.3 Å². The molecule has 1 heterocycles. The maximum Gasteiger partial charge on any atom is 0.337 e. The summed E-state index contributed by atoms with van der Waals surface area (Å²) in [6, 6.07) is 14.4. The van der Waals surface area contributed by atoms with Gasteiger partial charge in [-0.15, -0.1) is 0 Å². The minimum Gasteiger partial charge on any atom is -0.481 e. The first-order valence-electron chi connectivity index (χ1n) is 7.34. The quantitative estimate of drug-likeness (QED) is 0.800. The highest BCUT2D eigenvalue weighted by Gasteiger charge is 2.29. The molecule has 2 aromatic rings. The SMILES string of the molecule is COC(=O)c1cccc(N2Cc3ccccc3OC(C)C2=O)c1. The number of amides is 1. The molecule has 1 aliphatic heterocycles. The number of anilines is 1. The summed E-state index contributed by atoms with van der Waals surface area (Å²) in [5, 5.41) is 0. The maximum atomic E-state index is 12.6. The lowest BCUT2D eigenvalue weighted by Crippen LogP contribution is -2.38. The van der Waals surface area contributed by atoms with Crippen LogP contribution in [0.25, 0.3) is 0 Å². The predicted octanol–water partition coefficient (Wildman–Crippen LogP) is 2.79. The second-order valence-corrected chi connectivity index (χ2v) is 5.33. The van der Waals surface area contributed by atoms with Gasteiger partial charge in [0.15, 0.2) is 6.10 Å². The molecular weight excluding hydrogens is 294 g/mol. The van der Waals surface area contributed by atoms with Gasteiger partial charge in [-0.1, -0.05) is 24.3 Å². The average Bonchev–Trinajstić information content (AvgIpc) is 2.71. The Labute approximate surface area is 134 Å². The summed E-state index contributed by atoms with van der Waals surface area (Å²) in [5.74, 6) is 0.127. The predicted molar refractivity (Wildman–Crippen MR) is 85.5 cm³/mol. The zero-order chi connectivity index (χ0) is 16.4. The van der Waals surface area contributed by atoms with Crippen LogP contribution in [0.5, 0.6) is 5.75 Å². The monoisotopic (exact) mass is 311 g/mol. The second kappa shape index (κ2) is 6.12. The average molecular weight is 311 g/mol. The fourth-order valence-electron chi connectivity index (χ4n) is 2.60. The molecule has 1 atom stereocenters. The van der Waals surface area contributed by atoms with Crippen molar-refractivity contribution in [2.45, 2.75) is 19.6 Å². The lowest BCUT2D eigenvalue weighted by Gasteiger charge is -2.22. The third-order valence-corrected chi connectivity index (χ3v) is 3.80. The Bertz CT molecular complexity index is 756. The number of rotatable bonds is 2. The highest BCUT2D eigenvalue weighted by Crippen LogP contribution is 2.29. The normalized spacial score (nSPS) is 17.0. The highest BCUT2D eigenvalue weighted by atomic mass is 16.5. The van der Waals surface area contributed by atoms with Crippen LogP contribution in [0.3, 0.4) is 0 Å². The van der Waals surface area contributed by atoms with Crippen LogP contribution >= 0.6 is 0 Å². The Morgan fingerprint density at radius 3 is 2.78 bits per heavy atom. The van der Waals surface area contributed by atoms with E-state index < -0.39 is 12.1 Å². The summed E-state index contributed by atoms with van der Waals surface area (Å²) < 4.78 is 10.5. The fourth-order valence-corrected chi connectivity index (χ4v) is 2.60. The molecule has 0 fully saturated rings. The molecule has 0 saturated carbocycles. The van der Waals surface area contributed by atoms with Crippen molar-refractivity contribution in [3.63, 3.8) is 0 Å². The smallest absolute Gasteiger partial charge is 0.337 e. The van der Waals surface area contributed by atoms with Gasteiger partial charge in [-0.25, -0.2) is 4.79 Å². The molecule has 0 aromatic heterocycles. The van der Waals surface area contributed by atoms with E-state index >= 15 is 0 Å². The van der Waals surface area contributed by atoms with Gasteiger partial charge in [0.25, 0.3) is 5.91 Å². The number of hydrogen-bond donors (Lipinski definition) is 0. The molecule has 5 nitrogen and oxygen atoms in total. The minimum absolute atomic E-state index is 0.150. The molecule has 118 valence electrons. The van der Waals surface area contributed by atoms with Crippen LogP contribution in [0, 0.1) is 0 Å². The van der Waals surface area contributed by atoms with Crippen molar-refractivity contribution in [1.82, 2.24) is 0 Å². The number of nitrogens with zero attached hydrogens (tertiary/aromatic N) is 1. The van der Waals surface area contributed by atoms with Gasteiger partial charge < -0.3 is 14.4 Å². The van der Waals surface area contributed by atoms with E-state index in [4.69, 9.17) is 9.47 Å². The Kier molecular flexibility index (Phi) is 4.02.